The van der Waals surface area contributed by atoms with Gasteiger partial charge in [0.25, 0.3) is 0 Å². The fraction of sp³-hybridized carbons (Fsp3) is 0.125. The van der Waals surface area contributed by atoms with Crippen LogP contribution in [-0.4, -0.2) is 14.8 Å². The van der Waals surface area contributed by atoms with Crippen molar-refractivity contribution in [3.05, 3.63) is 64.4 Å². The first kappa shape index (κ1) is 14.0. The number of aryl methyl sites for hydroxylation is 1. The molecule has 0 amide bonds. The summed E-state index contributed by atoms with van der Waals surface area (Å²) in [5.41, 5.74) is 9.00. The molecule has 0 atom stereocenters. The lowest BCUT2D eigenvalue weighted by molar-refractivity contribution is 0.861. The van der Waals surface area contributed by atoms with Crippen LogP contribution in [0.4, 0.5) is 0 Å². The van der Waals surface area contributed by atoms with Gasteiger partial charge in [-0.1, -0.05) is 45.8 Å². The zero-order chi connectivity index (χ0) is 14.8. The van der Waals surface area contributed by atoms with Crippen molar-refractivity contribution in [1.29, 1.82) is 0 Å². The Bertz CT molecular complexity index is 765. The number of nitrogens with two attached hydrogens (primary N) is 1. The zero-order valence-corrected chi connectivity index (χ0v) is 13.2. The molecule has 3 rings (SSSR count). The molecule has 1 aromatic heterocycles. The van der Waals surface area contributed by atoms with E-state index in [9.17, 15) is 0 Å². The van der Waals surface area contributed by atoms with Gasteiger partial charge in [0.2, 0.25) is 0 Å². The van der Waals surface area contributed by atoms with Crippen molar-refractivity contribution >= 4 is 15.9 Å². The van der Waals surface area contributed by atoms with E-state index in [1.54, 1.807) is 0 Å². The highest BCUT2D eigenvalue weighted by atomic mass is 79.9. The van der Waals surface area contributed by atoms with Gasteiger partial charge in [0.05, 0.1) is 6.54 Å². The summed E-state index contributed by atoms with van der Waals surface area (Å²) in [4.78, 5) is 0. The van der Waals surface area contributed by atoms with Crippen LogP contribution in [0.3, 0.4) is 0 Å². The van der Waals surface area contributed by atoms with E-state index in [1.165, 1.54) is 5.56 Å². The van der Waals surface area contributed by atoms with Gasteiger partial charge in [0.15, 0.2) is 11.6 Å². The average molecular weight is 343 g/mol. The van der Waals surface area contributed by atoms with Crippen molar-refractivity contribution in [1.82, 2.24) is 14.8 Å². The molecule has 0 radical (unpaired) electrons. The van der Waals surface area contributed by atoms with Crippen molar-refractivity contribution < 1.29 is 0 Å². The van der Waals surface area contributed by atoms with Crippen molar-refractivity contribution in [3.8, 4) is 17.1 Å². The summed E-state index contributed by atoms with van der Waals surface area (Å²) in [5, 5.41) is 8.56. The third-order valence-electron chi connectivity index (χ3n) is 3.29. The van der Waals surface area contributed by atoms with Crippen molar-refractivity contribution in [2.24, 2.45) is 5.73 Å². The Labute approximate surface area is 131 Å². The number of aromatic nitrogens is 3. The Kier molecular flexibility index (Phi) is 3.86. The summed E-state index contributed by atoms with van der Waals surface area (Å²) in [6.45, 7) is 2.40. The molecule has 0 unspecified atom stereocenters. The Morgan fingerprint density at radius 2 is 1.86 bits per heavy atom. The van der Waals surface area contributed by atoms with Crippen molar-refractivity contribution in [3.63, 3.8) is 0 Å². The van der Waals surface area contributed by atoms with Gasteiger partial charge in [-0.3, -0.25) is 4.57 Å². The van der Waals surface area contributed by atoms with Crippen LogP contribution in [0.25, 0.3) is 17.1 Å². The second-order valence-corrected chi connectivity index (χ2v) is 5.65. The van der Waals surface area contributed by atoms with E-state index in [0.717, 1.165) is 27.4 Å². The minimum absolute atomic E-state index is 0.339. The molecule has 0 fully saturated rings. The van der Waals surface area contributed by atoms with Crippen molar-refractivity contribution in [2.45, 2.75) is 13.5 Å². The number of rotatable bonds is 3. The molecular weight excluding hydrogens is 328 g/mol. The highest BCUT2D eigenvalue weighted by Crippen LogP contribution is 2.30. The van der Waals surface area contributed by atoms with Crippen LogP contribution in [-0.2, 0) is 6.54 Å². The molecule has 2 aromatic carbocycles. The molecule has 1 heterocycles. The maximum Gasteiger partial charge on any atom is 0.169 e. The monoisotopic (exact) mass is 342 g/mol. The van der Waals surface area contributed by atoms with Crippen LogP contribution in [0.1, 0.15) is 11.4 Å². The van der Waals surface area contributed by atoms with Gasteiger partial charge < -0.3 is 5.73 Å². The minimum Gasteiger partial charge on any atom is -0.324 e. The van der Waals surface area contributed by atoms with Gasteiger partial charge in [-0.2, -0.15) is 0 Å². The molecule has 2 N–H and O–H groups in total. The van der Waals surface area contributed by atoms with Crippen LogP contribution in [0.15, 0.2) is 53.0 Å². The van der Waals surface area contributed by atoms with Gasteiger partial charge in [0, 0.05) is 15.7 Å². The highest BCUT2D eigenvalue weighted by molar-refractivity contribution is 9.10. The molecule has 0 aliphatic rings. The van der Waals surface area contributed by atoms with Crippen molar-refractivity contribution in [2.75, 3.05) is 0 Å². The smallest absolute Gasteiger partial charge is 0.169 e. The first-order valence-corrected chi connectivity index (χ1v) is 7.46. The molecule has 0 aliphatic carbocycles. The topological polar surface area (TPSA) is 56.7 Å². The first-order valence-electron chi connectivity index (χ1n) is 6.67. The number of hydrogen-bond donors (Lipinski definition) is 1. The number of halogens is 1. The summed E-state index contributed by atoms with van der Waals surface area (Å²) >= 11 is 3.59. The summed E-state index contributed by atoms with van der Waals surface area (Å²) in [5.74, 6) is 1.53. The molecule has 4 nitrogen and oxygen atoms in total. The van der Waals surface area contributed by atoms with E-state index in [0.29, 0.717) is 6.54 Å². The lowest BCUT2D eigenvalue weighted by Crippen LogP contribution is -2.08. The number of benzene rings is 2. The molecule has 0 saturated carbocycles. The van der Waals surface area contributed by atoms with Gasteiger partial charge in [-0.25, -0.2) is 0 Å². The minimum atomic E-state index is 0.339. The average Bonchev–Trinajstić information content (AvgIpc) is 2.94. The third-order valence-corrected chi connectivity index (χ3v) is 3.98. The molecule has 0 spiro atoms. The van der Waals surface area contributed by atoms with Crippen LogP contribution < -0.4 is 5.73 Å². The van der Waals surface area contributed by atoms with E-state index in [4.69, 9.17) is 5.73 Å². The van der Waals surface area contributed by atoms with E-state index in [2.05, 4.69) is 45.2 Å². The van der Waals surface area contributed by atoms with Gasteiger partial charge in [0.1, 0.15) is 0 Å². The van der Waals surface area contributed by atoms with E-state index >= 15 is 0 Å². The van der Waals surface area contributed by atoms with Crippen LogP contribution in [0, 0.1) is 6.92 Å². The molecule has 21 heavy (non-hydrogen) atoms. The fourth-order valence-corrected chi connectivity index (χ4v) is 2.71. The summed E-state index contributed by atoms with van der Waals surface area (Å²) in [7, 11) is 0. The predicted molar refractivity (Wildman–Crippen MR) is 87.1 cm³/mol. The SMILES string of the molecule is Cc1ccc(Br)c(-c2nnc(CN)n2-c2ccccc2)c1. The first-order chi connectivity index (χ1) is 10.2. The Balaban J connectivity index is 2.25. The summed E-state index contributed by atoms with van der Waals surface area (Å²) in [6.07, 6.45) is 0. The van der Waals surface area contributed by atoms with Gasteiger partial charge in [-0.15, -0.1) is 10.2 Å². The quantitative estimate of drug-likeness (QED) is 0.792. The normalized spacial score (nSPS) is 10.8. The number of hydrogen-bond acceptors (Lipinski definition) is 3. The third kappa shape index (κ3) is 2.62. The van der Waals surface area contributed by atoms with Crippen LogP contribution in [0.2, 0.25) is 0 Å². The van der Waals surface area contributed by atoms with Crippen LogP contribution >= 0.6 is 15.9 Å². The number of nitrogens with zero attached hydrogens (tertiary/aromatic N) is 3. The second kappa shape index (κ2) is 5.79. The second-order valence-electron chi connectivity index (χ2n) is 4.80. The van der Waals surface area contributed by atoms with E-state index in [-0.39, 0.29) is 0 Å². The number of para-hydroxylation sites is 1. The lowest BCUT2D eigenvalue weighted by atomic mass is 10.1. The molecular formula is C16H15BrN4. The maximum absolute atomic E-state index is 5.81. The Morgan fingerprint density at radius 1 is 1.10 bits per heavy atom. The zero-order valence-electron chi connectivity index (χ0n) is 11.6. The Hall–Kier alpha value is -1.98. The summed E-state index contributed by atoms with van der Waals surface area (Å²) in [6, 6.07) is 16.2. The molecule has 0 bridgehead atoms. The lowest BCUT2D eigenvalue weighted by Gasteiger charge is -2.11. The molecule has 0 saturated heterocycles. The fourth-order valence-electron chi connectivity index (χ4n) is 2.28. The molecule has 0 aliphatic heterocycles. The van der Waals surface area contributed by atoms with E-state index < -0.39 is 0 Å². The standard InChI is InChI=1S/C16H15BrN4/c1-11-7-8-14(17)13(9-11)16-20-19-15(10-18)21(16)12-5-3-2-4-6-12/h2-9H,10,18H2,1H3. The van der Waals surface area contributed by atoms with Gasteiger partial charge in [-0.05, 0) is 31.2 Å². The predicted octanol–water partition coefficient (Wildman–Crippen LogP) is 3.46. The summed E-state index contributed by atoms with van der Waals surface area (Å²) < 4.78 is 2.99. The molecule has 3 aromatic rings. The van der Waals surface area contributed by atoms with Crippen LogP contribution in [0.5, 0.6) is 0 Å². The van der Waals surface area contributed by atoms with E-state index in [1.807, 2.05) is 41.0 Å². The molecule has 5 heteroatoms. The Morgan fingerprint density at radius 3 is 2.57 bits per heavy atom. The molecule has 106 valence electrons. The maximum atomic E-state index is 5.81. The highest BCUT2D eigenvalue weighted by Gasteiger charge is 2.16. The van der Waals surface area contributed by atoms with Gasteiger partial charge >= 0.3 is 0 Å². The largest absolute Gasteiger partial charge is 0.324 e.